The van der Waals surface area contributed by atoms with Crippen LogP contribution in [0.2, 0.25) is 0 Å². The molecule has 0 heterocycles. The third-order valence-corrected chi connectivity index (χ3v) is 4.22. The molecule has 1 unspecified atom stereocenters. The van der Waals surface area contributed by atoms with Gasteiger partial charge in [-0.05, 0) is 30.2 Å². The maximum Gasteiger partial charge on any atom is 0.325 e. The second kappa shape index (κ2) is 4.82. The van der Waals surface area contributed by atoms with E-state index in [4.69, 9.17) is 0 Å². The lowest BCUT2D eigenvalue weighted by Crippen LogP contribution is -2.26. The van der Waals surface area contributed by atoms with Crippen LogP contribution in [0, 0.1) is 18.3 Å². The van der Waals surface area contributed by atoms with Gasteiger partial charge in [0.2, 0.25) is 0 Å². The standard InChI is InChI=1S/C16H14N2O3S/c1-11-7-12-9-13(8-11)16(15(12)10-17)5-3-14(4-6-16)18-21-22(2,19)20/h3-9,15H,1-2H3. The molecule has 0 aliphatic heterocycles. The van der Waals surface area contributed by atoms with E-state index in [1.807, 2.05) is 31.2 Å². The monoisotopic (exact) mass is 314 g/mol. The van der Waals surface area contributed by atoms with Crippen LogP contribution in [-0.2, 0) is 19.8 Å². The molecule has 0 fully saturated rings. The zero-order valence-electron chi connectivity index (χ0n) is 12.1. The first kappa shape index (κ1) is 14.5. The first-order valence-electron chi connectivity index (χ1n) is 6.71. The fourth-order valence-corrected chi connectivity index (χ4v) is 3.19. The molecule has 6 heteroatoms. The summed E-state index contributed by atoms with van der Waals surface area (Å²) in [6, 6.07) is 8.47. The molecule has 1 aromatic rings. The number of hydrogen-bond acceptors (Lipinski definition) is 5. The molecule has 112 valence electrons. The summed E-state index contributed by atoms with van der Waals surface area (Å²) in [7, 11) is -3.63. The van der Waals surface area contributed by atoms with Crippen molar-refractivity contribution in [2.45, 2.75) is 18.3 Å². The van der Waals surface area contributed by atoms with Crippen LogP contribution in [0.15, 0.2) is 47.7 Å². The third-order valence-electron chi connectivity index (χ3n) is 3.88. The maximum absolute atomic E-state index is 11.0. The van der Waals surface area contributed by atoms with E-state index in [1.165, 1.54) is 0 Å². The van der Waals surface area contributed by atoms with Gasteiger partial charge in [-0.1, -0.05) is 41.1 Å². The molecule has 0 radical (unpaired) electrons. The quantitative estimate of drug-likeness (QED) is 0.785. The van der Waals surface area contributed by atoms with Crippen molar-refractivity contribution in [2.24, 2.45) is 5.16 Å². The zero-order valence-corrected chi connectivity index (χ0v) is 13.0. The maximum atomic E-state index is 11.0. The fourth-order valence-electron chi connectivity index (χ4n) is 2.97. The lowest BCUT2D eigenvalue weighted by atomic mass is 9.72. The molecule has 2 aliphatic rings. The molecule has 3 rings (SSSR count). The summed E-state index contributed by atoms with van der Waals surface area (Å²) in [6.45, 7) is 2.00. The highest BCUT2D eigenvalue weighted by Gasteiger charge is 2.43. The van der Waals surface area contributed by atoms with Crippen molar-refractivity contribution in [3.8, 4) is 6.07 Å². The van der Waals surface area contributed by atoms with Crippen LogP contribution in [0.5, 0.6) is 0 Å². The predicted octanol–water partition coefficient (Wildman–Crippen LogP) is 2.31. The Morgan fingerprint density at radius 2 is 1.95 bits per heavy atom. The Morgan fingerprint density at radius 3 is 2.55 bits per heavy atom. The molecule has 1 atom stereocenters. The van der Waals surface area contributed by atoms with Gasteiger partial charge >= 0.3 is 10.1 Å². The highest BCUT2D eigenvalue weighted by molar-refractivity contribution is 7.85. The molecule has 0 N–H and O–H groups in total. The highest BCUT2D eigenvalue weighted by Crippen LogP contribution is 2.49. The highest BCUT2D eigenvalue weighted by atomic mass is 32.2. The number of fused-ring (bicyclic) bond motifs is 3. The largest absolute Gasteiger partial charge is 0.325 e. The van der Waals surface area contributed by atoms with Crippen LogP contribution in [0.1, 0.15) is 22.6 Å². The van der Waals surface area contributed by atoms with E-state index in [9.17, 15) is 13.7 Å². The molecule has 0 saturated carbocycles. The van der Waals surface area contributed by atoms with Crippen LogP contribution in [0.25, 0.3) is 0 Å². The summed E-state index contributed by atoms with van der Waals surface area (Å²) in [4.78, 5) is 0. The third kappa shape index (κ3) is 2.34. The lowest BCUT2D eigenvalue weighted by Gasteiger charge is -2.28. The second-order valence-corrected chi connectivity index (χ2v) is 7.15. The number of rotatable bonds is 2. The van der Waals surface area contributed by atoms with Crippen molar-refractivity contribution < 1.29 is 12.7 Å². The number of allylic oxidation sites excluding steroid dienone is 4. The van der Waals surface area contributed by atoms with Crippen molar-refractivity contribution in [3.05, 3.63) is 59.2 Å². The average molecular weight is 314 g/mol. The topological polar surface area (TPSA) is 79.5 Å². The molecule has 2 bridgehead atoms. The van der Waals surface area contributed by atoms with Crippen molar-refractivity contribution in [3.63, 3.8) is 0 Å². The lowest BCUT2D eigenvalue weighted by molar-refractivity contribution is 0.344. The van der Waals surface area contributed by atoms with Crippen LogP contribution in [-0.4, -0.2) is 20.4 Å². The second-order valence-electron chi connectivity index (χ2n) is 5.59. The van der Waals surface area contributed by atoms with Crippen LogP contribution in [0.3, 0.4) is 0 Å². The van der Waals surface area contributed by atoms with Gasteiger partial charge in [0.15, 0.2) is 0 Å². The molecule has 2 aliphatic carbocycles. The van der Waals surface area contributed by atoms with E-state index < -0.39 is 15.5 Å². The summed E-state index contributed by atoms with van der Waals surface area (Å²) >= 11 is 0. The number of oxime groups is 1. The van der Waals surface area contributed by atoms with Gasteiger partial charge in [0.05, 0.1) is 23.7 Å². The minimum absolute atomic E-state index is 0.291. The van der Waals surface area contributed by atoms with E-state index in [0.717, 1.165) is 22.9 Å². The summed E-state index contributed by atoms with van der Waals surface area (Å²) < 4.78 is 26.4. The smallest absolute Gasteiger partial charge is 0.268 e. The van der Waals surface area contributed by atoms with Gasteiger partial charge in [-0.25, -0.2) is 0 Å². The Kier molecular flexibility index (Phi) is 3.18. The van der Waals surface area contributed by atoms with Crippen molar-refractivity contribution >= 4 is 15.8 Å². The van der Waals surface area contributed by atoms with E-state index in [1.54, 1.807) is 12.2 Å². The molecular formula is C16H14N2O3S. The Morgan fingerprint density at radius 1 is 1.27 bits per heavy atom. The van der Waals surface area contributed by atoms with Crippen LogP contribution in [0.4, 0.5) is 0 Å². The van der Waals surface area contributed by atoms with E-state index in [2.05, 4.69) is 21.6 Å². The van der Waals surface area contributed by atoms with Crippen molar-refractivity contribution in [1.29, 1.82) is 5.26 Å². The van der Waals surface area contributed by atoms with Crippen molar-refractivity contribution in [1.82, 2.24) is 0 Å². The molecule has 0 aromatic heterocycles. The van der Waals surface area contributed by atoms with Gasteiger partial charge in [-0.3, -0.25) is 4.28 Å². The van der Waals surface area contributed by atoms with Gasteiger partial charge in [-0.15, -0.1) is 0 Å². The molecule has 22 heavy (non-hydrogen) atoms. The first-order chi connectivity index (χ1) is 10.3. The number of aryl methyl sites for hydroxylation is 1. The Balaban J connectivity index is 1.97. The van der Waals surface area contributed by atoms with E-state index >= 15 is 0 Å². The van der Waals surface area contributed by atoms with E-state index in [0.29, 0.717) is 5.71 Å². The SMILES string of the molecule is Cc1cc2cc(c1)C1(C=CC(=NOS(C)(=O)=O)C=C1)C2C#N. The normalized spacial score (nSPS) is 25.3. The zero-order chi connectivity index (χ0) is 16.0. The van der Waals surface area contributed by atoms with Crippen molar-refractivity contribution in [2.75, 3.05) is 6.26 Å². The summed E-state index contributed by atoms with van der Waals surface area (Å²) in [5.41, 5.74) is 3.06. The molecule has 5 nitrogen and oxygen atoms in total. The van der Waals surface area contributed by atoms with Gasteiger partial charge in [0.25, 0.3) is 0 Å². The van der Waals surface area contributed by atoms with Gasteiger partial charge in [0.1, 0.15) is 5.71 Å². The van der Waals surface area contributed by atoms with Crippen LogP contribution >= 0.6 is 0 Å². The van der Waals surface area contributed by atoms with E-state index in [-0.39, 0.29) is 5.92 Å². The molecule has 1 aromatic carbocycles. The Bertz CT molecular complexity index is 857. The van der Waals surface area contributed by atoms with Gasteiger partial charge in [0, 0.05) is 0 Å². The first-order valence-corrected chi connectivity index (χ1v) is 8.52. The molecule has 0 saturated heterocycles. The summed E-state index contributed by atoms with van der Waals surface area (Å²) in [5.74, 6) is -0.291. The average Bonchev–Trinajstić information content (AvgIpc) is 2.65. The number of nitrogens with zero attached hydrogens (tertiary/aromatic N) is 2. The molecule has 1 spiro atoms. The predicted molar refractivity (Wildman–Crippen MR) is 82.9 cm³/mol. The molecular weight excluding hydrogens is 300 g/mol. The number of nitriles is 1. The minimum atomic E-state index is -3.63. The van der Waals surface area contributed by atoms with Gasteiger partial charge in [-0.2, -0.15) is 13.7 Å². The number of hydrogen-bond donors (Lipinski definition) is 0. The Labute approximate surface area is 129 Å². The summed E-state index contributed by atoms with van der Waals surface area (Å²) in [5, 5.41) is 13.1. The summed E-state index contributed by atoms with van der Waals surface area (Å²) in [6.07, 6.45) is 8.06. The number of benzene rings is 1. The van der Waals surface area contributed by atoms with Gasteiger partial charge < -0.3 is 0 Å². The van der Waals surface area contributed by atoms with Crippen LogP contribution < -0.4 is 0 Å². The Hall–Kier alpha value is -2.39. The molecule has 0 amide bonds. The fraction of sp³-hybridized carbons (Fsp3) is 0.250. The minimum Gasteiger partial charge on any atom is -0.268 e.